The number of benzene rings is 11. The molecule has 2 nitrogen and oxygen atoms in total. The zero-order valence-corrected chi connectivity index (χ0v) is 37.2. The highest BCUT2D eigenvalue weighted by molar-refractivity contribution is 6.12. The largest absolute Gasteiger partial charge is 0.310 e. The van der Waals surface area contributed by atoms with Gasteiger partial charge in [-0.3, -0.25) is 0 Å². The van der Waals surface area contributed by atoms with Crippen molar-refractivity contribution < 1.29 is 0 Å². The molecule has 316 valence electrons. The fourth-order valence-electron chi connectivity index (χ4n) is 10.3. The van der Waals surface area contributed by atoms with Crippen LogP contribution in [0.1, 0.15) is 5.56 Å². The van der Waals surface area contributed by atoms with Crippen LogP contribution in [0.4, 0.5) is 17.1 Å². The van der Waals surface area contributed by atoms with E-state index in [-0.39, 0.29) is 0 Å². The van der Waals surface area contributed by atoms with Gasteiger partial charge in [0.15, 0.2) is 0 Å². The Labute approximate surface area is 391 Å². The second-order valence-corrected chi connectivity index (χ2v) is 17.3. The fourth-order valence-corrected chi connectivity index (χ4v) is 10.3. The quantitative estimate of drug-likeness (QED) is 0.140. The van der Waals surface area contributed by atoms with E-state index in [1.54, 1.807) is 0 Å². The van der Waals surface area contributed by atoms with E-state index >= 15 is 0 Å². The molecule has 11 aromatic carbocycles. The number of para-hydroxylation sites is 1. The molecule has 0 bridgehead atoms. The van der Waals surface area contributed by atoms with Gasteiger partial charge in [-0.1, -0.05) is 206 Å². The van der Waals surface area contributed by atoms with Gasteiger partial charge in [0.25, 0.3) is 0 Å². The zero-order valence-electron chi connectivity index (χ0n) is 37.2. The van der Waals surface area contributed by atoms with Gasteiger partial charge in [0, 0.05) is 33.5 Å². The highest BCUT2D eigenvalue weighted by atomic mass is 15.1. The van der Waals surface area contributed by atoms with Crippen molar-refractivity contribution in [3.05, 3.63) is 266 Å². The molecule has 67 heavy (non-hydrogen) atoms. The topological polar surface area (TPSA) is 8.17 Å². The molecular weight excluding hydrogens is 809 g/mol. The van der Waals surface area contributed by atoms with E-state index in [1.807, 2.05) is 0 Å². The molecule has 0 spiro atoms. The number of hydrogen-bond acceptors (Lipinski definition) is 1. The molecule has 0 saturated carbocycles. The minimum Gasteiger partial charge on any atom is -0.310 e. The van der Waals surface area contributed by atoms with Crippen LogP contribution in [0.5, 0.6) is 0 Å². The monoisotopic (exact) mass is 854 g/mol. The minimum absolute atomic E-state index is 1.07. The van der Waals surface area contributed by atoms with Crippen LogP contribution in [-0.4, -0.2) is 4.57 Å². The molecule has 2 heteroatoms. The first-order valence-electron chi connectivity index (χ1n) is 23.1. The molecule has 0 unspecified atom stereocenters. The summed E-state index contributed by atoms with van der Waals surface area (Å²) in [6.07, 6.45) is 0. The third-order valence-electron chi connectivity index (χ3n) is 13.3. The number of hydrogen-bond donors (Lipinski definition) is 0. The Morgan fingerprint density at radius 3 is 1.45 bits per heavy atom. The standard InChI is InChI=1S/C65H46N2/c1-45-18-16-31-61-63(45)60-43-41-55(44-62(60)67(61)52-26-12-5-13-27-52)66(53-37-32-49(33-38-53)59-42-36-48-23-14-15-28-56(48)64(59)50-24-10-4-11-25-50)54-39-34-51(35-40-54)65-57(46-19-6-2-7-20-46)29-17-30-58(65)47-21-8-3-9-22-47/h2-44H,1H3. The highest BCUT2D eigenvalue weighted by Gasteiger charge is 2.21. The van der Waals surface area contributed by atoms with Crippen molar-refractivity contribution in [2.45, 2.75) is 6.92 Å². The molecule has 12 aromatic rings. The van der Waals surface area contributed by atoms with Crippen molar-refractivity contribution in [2.75, 3.05) is 4.90 Å². The van der Waals surface area contributed by atoms with Gasteiger partial charge in [-0.15, -0.1) is 0 Å². The normalized spacial score (nSPS) is 11.4. The molecule has 0 N–H and O–H groups in total. The second kappa shape index (κ2) is 17.0. The molecule has 0 fully saturated rings. The van der Waals surface area contributed by atoms with Gasteiger partial charge < -0.3 is 9.47 Å². The van der Waals surface area contributed by atoms with Gasteiger partial charge in [-0.25, -0.2) is 0 Å². The minimum atomic E-state index is 1.07. The van der Waals surface area contributed by atoms with Crippen LogP contribution in [0.15, 0.2) is 261 Å². The van der Waals surface area contributed by atoms with Crippen molar-refractivity contribution in [3.8, 4) is 61.3 Å². The van der Waals surface area contributed by atoms with Gasteiger partial charge >= 0.3 is 0 Å². The van der Waals surface area contributed by atoms with E-state index < -0.39 is 0 Å². The summed E-state index contributed by atoms with van der Waals surface area (Å²) in [5, 5.41) is 5.00. The van der Waals surface area contributed by atoms with E-state index in [2.05, 4.69) is 277 Å². The van der Waals surface area contributed by atoms with Gasteiger partial charge in [-0.05, 0) is 133 Å². The summed E-state index contributed by atoms with van der Waals surface area (Å²) < 4.78 is 2.42. The Kier molecular flexibility index (Phi) is 10.1. The van der Waals surface area contributed by atoms with Gasteiger partial charge in [0.05, 0.1) is 11.0 Å². The Hall–Kier alpha value is -8.72. The summed E-state index contributed by atoms with van der Waals surface area (Å²) >= 11 is 0. The molecule has 0 aliphatic rings. The van der Waals surface area contributed by atoms with Crippen molar-refractivity contribution in [1.82, 2.24) is 4.57 Å². The highest BCUT2D eigenvalue weighted by Crippen LogP contribution is 2.45. The first kappa shape index (κ1) is 39.8. The van der Waals surface area contributed by atoms with Crippen molar-refractivity contribution in [1.29, 1.82) is 0 Å². The zero-order chi connectivity index (χ0) is 44.7. The first-order chi connectivity index (χ1) is 33.2. The molecular formula is C65H46N2. The van der Waals surface area contributed by atoms with E-state index in [4.69, 9.17) is 0 Å². The van der Waals surface area contributed by atoms with Gasteiger partial charge in [0.2, 0.25) is 0 Å². The Balaban J connectivity index is 1.04. The van der Waals surface area contributed by atoms with Crippen LogP contribution in [0.3, 0.4) is 0 Å². The number of aryl methyl sites for hydroxylation is 1. The van der Waals surface area contributed by atoms with E-state index in [9.17, 15) is 0 Å². The molecule has 12 rings (SSSR count). The van der Waals surface area contributed by atoms with Crippen molar-refractivity contribution >= 4 is 49.6 Å². The number of aromatic nitrogens is 1. The number of nitrogens with zero attached hydrogens (tertiary/aromatic N) is 2. The molecule has 0 amide bonds. The van der Waals surface area contributed by atoms with E-state index in [0.717, 1.165) is 28.3 Å². The molecule has 0 aliphatic heterocycles. The molecule has 0 aliphatic carbocycles. The fraction of sp³-hybridized carbons (Fsp3) is 0.0154. The lowest BCUT2D eigenvalue weighted by Crippen LogP contribution is -2.10. The maximum atomic E-state index is 2.42. The summed E-state index contributed by atoms with van der Waals surface area (Å²) in [7, 11) is 0. The lowest BCUT2D eigenvalue weighted by Gasteiger charge is -2.27. The molecule has 1 heterocycles. The summed E-state index contributed by atoms with van der Waals surface area (Å²) in [5.74, 6) is 0. The lowest BCUT2D eigenvalue weighted by atomic mass is 9.87. The Morgan fingerprint density at radius 1 is 0.313 bits per heavy atom. The average molecular weight is 855 g/mol. The SMILES string of the molecule is Cc1cccc2c1c1ccc(N(c3ccc(-c4ccc5ccccc5c4-c4ccccc4)cc3)c3ccc(-c4c(-c5ccccc5)cccc4-c4ccccc4)cc3)cc1n2-c1ccccc1. The number of fused-ring (bicyclic) bond motifs is 4. The summed E-state index contributed by atoms with van der Waals surface area (Å²) in [5.41, 5.74) is 20.0. The third kappa shape index (κ3) is 7.17. The van der Waals surface area contributed by atoms with Gasteiger partial charge in [-0.2, -0.15) is 0 Å². The van der Waals surface area contributed by atoms with Crippen molar-refractivity contribution in [2.24, 2.45) is 0 Å². The number of rotatable bonds is 9. The molecule has 1 aromatic heterocycles. The van der Waals surface area contributed by atoms with Crippen LogP contribution in [-0.2, 0) is 0 Å². The maximum Gasteiger partial charge on any atom is 0.0562 e. The summed E-state index contributed by atoms with van der Waals surface area (Å²) in [6, 6.07) is 94.9. The maximum absolute atomic E-state index is 2.42. The van der Waals surface area contributed by atoms with Crippen LogP contribution < -0.4 is 4.90 Å². The average Bonchev–Trinajstić information content (AvgIpc) is 3.74. The summed E-state index contributed by atoms with van der Waals surface area (Å²) in [4.78, 5) is 2.41. The van der Waals surface area contributed by atoms with Crippen molar-refractivity contribution in [3.63, 3.8) is 0 Å². The number of anilines is 3. The Bertz CT molecular complexity index is 3650. The molecule has 0 radical (unpaired) electrons. The predicted octanol–water partition coefficient (Wildman–Crippen LogP) is 18.1. The Morgan fingerprint density at radius 2 is 0.806 bits per heavy atom. The lowest BCUT2D eigenvalue weighted by molar-refractivity contribution is 1.18. The smallest absolute Gasteiger partial charge is 0.0562 e. The van der Waals surface area contributed by atoms with Gasteiger partial charge in [0.1, 0.15) is 0 Å². The van der Waals surface area contributed by atoms with Crippen LogP contribution >= 0.6 is 0 Å². The van der Waals surface area contributed by atoms with E-state index in [1.165, 1.54) is 88.2 Å². The molecule has 0 saturated heterocycles. The van der Waals surface area contributed by atoms with Crippen LogP contribution in [0, 0.1) is 6.92 Å². The van der Waals surface area contributed by atoms with E-state index in [0.29, 0.717) is 0 Å². The second-order valence-electron chi connectivity index (χ2n) is 17.3. The predicted molar refractivity (Wildman–Crippen MR) is 285 cm³/mol. The summed E-state index contributed by atoms with van der Waals surface area (Å²) in [6.45, 7) is 2.22. The molecule has 0 atom stereocenters. The van der Waals surface area contributed by atoms with Crippen LogP contribution in [0.2, 0.25) is 0 Å². The van der Waals surface area contributed by atoms with Crippen LogP contribution in [0.25, 0.3) is 93.9 Å². The first-order valence-corrected chi connectivity index (χ1v) is 23.1. The third-order valence-corrected chi connectivity index (χ3v) is 13.3.